The number of benzene rings is 1. The van der Waals surface area contributed by atoms with Crippen LogP contribution in [0.15, 0.2) is 36.9 Å². The number of carbonyl (C=O) groups is 2. The fourth-order valence-electron chi connectivity index (χ4n) is 1.10. The van der Waals surface area contributed by atoms with Crippen molar-refractivity contribution in [2.24, 2.45) is 0 Å². The van der Waals surface area contributed by atoms with Crippen LogP contribution in [0.3, 0.4) is 0 Å². The molecule has 0 atom stereocenters. The van der Waals surface area contributed by atoms with Crippen molar-refractivity contribution in [3.8, 4) is 0 Å². The molecule has 7 heteroatoms. The highest BCUT2D eigenvalue weighted by Gasteiger charge is 2.13. The van der Waals surface area contributed by atoms with Crippen molar-refractivity contribution in [1.29, 1.82) is 0 Å². The third-order valence-electron chi connectivity index (χ3n) is 1.95. The fourth-order valence-corrected chi connectivity index (χ4v) is 1.10. The second kappa shape index (κ2) is 6.14. The van der Waals surface area contributed by atoms with Gasteiger partial charge in [0.05, 0.1) is 4.92 Å². The standard InChI is InChI=1S/C11H11N3O4/c1-2-7-12-10(15)11(16)13-8-3-5-9(6-4-8)14(17)18/h2-6H,1,7H2,(H,12,15)(H,13,16). The lowest BCUT2D eigenvalue weighted by molar-refractivity contribution is -0.384. The smallest absolute Gasteiger partial charge is 0.313 e. The Hall–Kier alpha value is -2.70. The summed E-state index contributed by atoms with van der Waals surface area (Å²) >= 11 is 0. The summed E-state index contributed by atoms with van der Waals surface area (Å²) in [5, 5.41) is 15.0. The van der Waals surface area contributed by atoms with Gasteiger partial charge in [0, 0.05) is 24.4 Å². The number of rotatable bonds is 4. The first-order valence-corrected chi connectivity index (χ1v) is 4.99. The van der Waals surface area contributed by atoms with Crippen molar-refractivity contribution in [2.45, 2.75) is 0 Å². The molecule has 0 spiro atoms. The number of nitro groups is 1. The monoisotopic (exact) mass is 249 g/mol. The molecule has 0 bridgehead atoms. The van der Waals surface area contributed by atoms with E-state index in [1.165, 1.54) is 30.3 Å². The Morgan fingerprint density at radius 3 is 2.39 bits per heavy atom. The minimum absolute atomic E-state index is 0.0934. The van der Waals surface area contributed by atoms with Gasteiger partial charge in [0.2, 0.25) is 0 Å². The second-order valence-corrected chi connectivity index (χ2v) is 3.26. The van der Waals surface area contributed by atoms with Crippen molar-refractivity contribution in [1.82, 2.24) is 5.32 Å². The van der Waals surface area contributed by atoms with E-state index in [2.05, 4.69) is 17.2 Å². The largest absolute Gasteiger partial charge is 0.344 e. The summed E-state index contributed by atoms with van der Waals surface area (Å²) in [4.78, 5) is 32.4. The van der Waals surface area contributed by atoms with Crippen LogP contribution < -0.4 is 10.6 Å². The van der Waals surface area contributed by atoms with Crippen LogP contribution in [0.4, 0.5) is 11.4 Å². The normalized spacial score (nSPS) is 9.33. The molecule has 0 aromatic heterocycles. The quantitative estimate of drug-likeness (QED) is 0.357. The predicted octanol–water partition coefficient (Wildman–Crippen LogP) is 0.835. The number of nitrogens with zero attached hydrogens (tertiary/aromatic N) is 1. The van der Waals surface area contributed by atoms with Gasteiger partial charge in [0.15, 0.2) is 0 Å². The highest BCUT2D eigenvalue weighted by Crippen LogP contribution is 2.15. The molecule has 0 saturated carbocycles. The van der Waals surface area contributed by atoms with E-state index in [1.807, 2.05) is 0 Å². The summed E-state index contributed by atoms with van der Waals surface area (Å²) in [6.07, 6.45) is 1.44. The van der Waals surface area contributed by atoms with E-state index in [4.69, 9.17) is 0 Å². The van der Waals surface area contributed by atoms with E-state index in [1.54, 1.807) is 0 Å². The van der Waals surface area contributed by atoms with E-state index in [0.717, 1.165) is 0 Å². The first-order chi connectivity index (χ1) is 8.54. The number of non-ortho nitro benzene ring substituents is 1. The molecule has 18 heavy (non-hydrogen) atoms. The van der Waals surface area contributed by atoms with E-state index in [9.17, 15) is 19.7 Å². The topological polar surface area (TPSA) is 101 Å². The molecule has 0 aliphatic rings. The van der Waals surface area contributed by atoms with Crippen LogP contribution >= 0.6 is 0 Å². The minimum Gasteiger partial charge on any atom is -0.344 e. The number of hydrogen-bond donors (Lipinski definition) is 2. The van der Waals surface area contributed by atoms with Gasteiger partial charge in [-0.3, -0.25) is 19.7 Å². The van der Waals surface area contributed by atoms with Crippen LogP contribution in [0.1, 0.15) is 0 Å². The molecular weight excluding hydrogens is 238 g/mol. The first kappa shape index (κ1) is 13.4. The molecule has 0 fully saturated rings. The minimum atomic E-state index is -0.842. The molecule has 0 unspecified atom stereocenters. The van der Waals surface area contributed by atoms with E-state index in [-0.39, 0.29) is 12.2 Å². The maximum absolute atomic E-state index is 11.3. The van der Waals surface area contributed by atoms with Crippen molar-refractivity contribution in [3.05, 3.63) is 47.0 Å². The van der Waals surface area contributed by atoms with E-state index < -0.39 is 16.7 Å². The molecule has 7 nitrogen and oxygen atoms in total. The molecule has 94 valence electrons. The Bertz CT molecular complexity index is 482. The van der Waals surface area contributed by atoms with Crippen LogP contribution in [0, 0.1) is 10.1 Å². The van der Waals surface area contributed by atoms with Gasteiger partial charge in [-0.1, -0.05) is 6.08 Å². The molecule has 1 aromatic rings. The molecule has 0 saturated heterocycles. The average molecular weight is 249 g/mol. The SMILES string of the molecule is C=CCNC(=O)C(=O)Nc1ccc([N+](=O)[O-])cc1. The summed E-state index contributed by atoms with van der Waals surface area (Å²) in [6, 6.07) is 5.15. The molecule has 0 radical (unpaired) electrons. The molecule has 1 rings (SSSR count). The Morgan fingerprint density at radius 2 is 1.89 bits per heavy atom. The predicted molar refractivity (Wildman–Crippen MR) is 64.9 cm³/mol. The highest BCUT2D eigenvalue weighted by molar-refractivity contribution is 6.39. The number of nitrogens with one attached hydrogen (secondary N) is 2. The fraction of sp³-hybridized carbons (Fsp3) is 0.0909. The Balaban J connectivity index is 2.61. The molecular formula is C11H11N3O4. The molecule has 1 aromatic carbocycles. The van der Waals surface area contributed by atoms with Crippen molar-refractivity contribution >= 4 is 23.2 Å². The van der Waals surface area contributed by atoms with Gasteiger partial charge in [-0.2, -0.15) is 0 Å². The highest BCUT2D eigenvalue weighted by atomic mass is 16.6. The summed E-state index contributed by atoms with van der Waals surface area (Å²) in [6.45, 7) is 3.58. The van der Waals surface area contributed by atoms with Gasteiger partial charge in [0.25, 0.3) is 5.69 Å². The Morgan fingerprint density at radius 1 is 1.28 bits per heavy atom. The Labute approximate surface area is 103 Å². The zero-order valence-corrected chi connectivity index (χ0v) is 9.38. The number of hydrogen-bond acceptors (Lipinski definition) is 4. The maximum Gasteiger partial charge on any atom is 0.313 e. The Kier molecular flexibility index (Phi) is 4.56. The summed E-state index contributed by atoms with van der Waals surface area (Å²) in [7, 11) is 0. The van der Waals surface area contributed by atoms with Crippen molar-refractivity contribution in [3.63, 3.8) is 0 Å². The third-order valence-corrected chi connectivity index (χ3v) is 1.95. The maximum atomic E-state index is 11.3. The van der Waals surface area contributed by atoms with Crippen molar-refractivity contribution in [2.75, 3.05) is 11.9 Å². The van der Waals surface area contributed by atoms with Gasteiger partial charge >= 0.3 is 11.8 Å². The van der Waals surface area contributed by atoms with Gasteiger partial charge in [-0.15, -0.1) is 6.58 Å². The van der Waals surface area contributed by atoms with Crippen molar-refractivity contribution < 1.29 is 14.5 Å². The van der Waals surface area contributed by atoms with Gasteiger partial charge in [-0.05, 0) is 12.1 Å². The van der Waals surface area contributed by atoms with Crippen LogP contribution in [-0.2, 0) is 9.59 Å². The lowest BCUT2D eigenvalue weighted by Gasteiger charge is -2.04. The van der Waals surface area contributed by atoms with Crippen LogP contribution in [0.2, 0.25) is 0 Å². The van der Waals surface area contributed by atoms with E-state index in [0.29, 0.717) is 5.69 Å². The molecule has 0 aliphatic heterocycles. The zero-order valence-electron chi connectivity index (χ0n) is 9.38. The molecule has 2 amide bonds. The van der Waals surface area contributed by atoms with Gasteiger partial charge in [-0.25, -0.2) is 0 Å². The number of amides is 2. The number of carbonyl (C=O) groups excluding carboxylic acids is 2. The zero-order chi connectivity index (χ0) is 13.5. The lowest BCUT2D eigenvalue weighted by atomic mass is 10.3. The van der Waals surface area contributed by atoms with Crippen LogP contribution in [0.5, 0.6) is 0 Å². The second-order valence-electron chi connectivity index (χ2n) is 3.26. The molecule has 0 heterocycles. The molecule has 2 N–H and O–H groups in total. The lowest BCUT2D eigenvalue weighted by Crippen LogP contribution is -2.35. The number of anilines is 1. The van der Waals surface area contributed by atoms with Crippen LogP contribution in [0.25, 0.3) is 0 Å². The summed E-state index contributed by atoms with van der Waals surface area (Å²) in [5.41, 5.74) is 0.212. The van der Waals surface area contributed by atoms with Crippen LogP contribution in [-0.4, -0.2) is 23.3 Å². The third kappa shape index (κ3) is 3.71. The number of nitro benzene ring substituents is 1. The van der Waals surface area contributed by atoms with E-state index >= 15 is 0 Å². The van der Waals surface area contributed by atoms with Gasteiger partial charge in [0.1, 0.15) is 0 Å². The average Bonchev–Trinajstić information content (AvgIpc) is 2.36. The molecule has 0 aliphatic carbocycles. The van der Waals surface area contributed by atoms with Gasteiger partial charge < -0.3 is 10.6 Å². The summed E-state index contributed by atoms with van der Waals surface area (Å²) in [5.74, 6) is -1.64. The first-order valence-electron chi connectivity index (χ1n) is 4.99. The summed E-state index contributed by atoms with van der Waals surface area (Å²) < 4.78 is 0.